The zero-order valence-corrected chi connectivity index (χ0v) is 25.7. The van der Waals surface area contributed by atoms with Crippen LogP contribution in [0.3, 0.4) is 0 Å². The molecule has 0 aromatic heterocycles. The summed E-state index contributed by atoms with van der Waals surface area (Å²) in [6.07, 6.45) is 13.7. The van der Waals surface area contributed by atoms with Crippen LogP contribution in [0.15, 0.2) is 60.7 Å². The van der Waals surface area contributed by atoms with Crippen LogP contribution >= 0.6 is 0 Å². The van der Waals surface area contributed by atoms with Gasteiger partial charge in [-0.2, -0.15) is 0 Å². The van der Waals surface area contributed by atoms with Crippen molar-refractivity contribution in [2.24, 2.45) is 5.73 Å². The summed E-state index contributed by atoms with van der Waals surface area (Å²) < 4.78 is 33.9. The zero-order valence-electron chi connectivity index (χ0n) is 25.7. The van der Waals surface area contributed by atoms with Gasteiger partial charge < -0.3 is 20.7 Å². The smallest absolute Gasteiger partial charge is 0.338 e. The lowest BCUT2D eigenvalue weighted by molar-refractivity contribution is 0.0228. The van der Waals surface area contributed by atoms with Gasteiger partial charge >= 0.3 is 5.97 Å². The molecule has 1 fully saturated rings. The molecule has 3 aromatic carbocycles. The second kappa shape index (κ2) is 15.0. The standard InChI is InChI=1S/C37H39F2N3O3/c1-5-14-42(15-6-2)35(43)28-16-26(8-4)17-29(22-28)36(44)45-34(33(40)21-27-19-31(38)23-32(39)20-27)24-41-37(12-13-37)30-11-9-10-25(7-3)18-30/h3-4,9-11,16-20,22-23,33-34,41H,5-6,12-15,21,24,40H2,1-2H3/t33-,34+/m0/s1. The second-order valence-electron chi connectivity index (χ2n) is 11.5. The van der Waals surface area contributed by atoms with Crippen LogP contribution in [0.1, 0.15) is 82.5 Å². The largest absolute Gasteiger partial charge is 0.456 e. The molecule has 0 unspecified atom stereocenters. The number of rotatable bonds is 14. The van der Waals surface area contributed by atoms with E-state index >= 15 is 0 Å². The van der Waals surface area contributed by atoms with Crippen molar-refractivity contribution in [2.75, 3.05) is 19.6 Å². The molecule has 4 rings (SSSR count). The number of hydrogen-bond acceptors (Lipinski definition) is 5. The average molecular weight is 612 g/mol. The molecule has 0 saturated heterocycles. The molecule has 1 saturated carbocycles. The highest BCUT2D eigenvalue weighted by Gasteiger charge is 2.44. The van der Waals surface area contributed by atoms with Gasteiger partial charge in [-0.3, -0.25) is 4.79 Å². The topological polar surface area (TPSA) is 84.7 Å². The molecular weight excluding hydrogens is 572 g/mol. The quantitative estimate of drug-likeness (QED) is 0.184. The number of nitrogens with one attached hydrogen (secondary N) is 1. The van der Waals surface area contributed by atoms with Crippen molar-refractivity contribution >= 4 is 11.9 Å². The maximum atomic E-state index is 14.0. The van der Waals surface area contributed by atoms with Crippen molar-refractivity contribution in [3.8, 4) is 24.7 Å². The van der Waals surface area contributed by atoms with Crippen LogP contribution in [0, 0.1) is 36.3 Å². The molecule has 234 valence electrons. The number of ether oxygens (including phenoxy) is 1. The van der Waals surface area contributed by atoms with Crippen LogP contribution in [0.4, 0.5) is 8.78 Å². The summed E-state index contributed by atoms with van der Waals surface area (Å²) in [5, 5.41) is 3.51. The van der Waals surface area contributed by atoms with Crippen LogP contribution in [0.2, 0.25) is 0 Å². The van der Waals surface area contributed by atoms with Gasteiger partial charge in [0.2, 0.25) is 0 Å². The van der Waals surface area contributed by atoms with Crippen LogP contribution in [-0.2, 0) is 16.7 Å². The number of amides is 1. The van der Waals surface area contributed by atoms with E-state index in [0.717, 1.165) is 42.9 Å². The minimum Gasteiger partial charge on any atom is -0.456 e. The predicted molar refractivity (Wildman–Crippen MR) is 171 cm³/mol. The molecule has 0 aliphatic heterocycles. The molecule has 1 aliphatic carbocycles. The van der Waals surface area contributed by atoms with E-state index in [0.29, 0.717) is 29.8 Å². The van der Waals surface area contributed by atoms with Gasteiger partial charge in [-0.25, -0.2) is 13.6 Å². The molecule has 0 radical (unpaired) electrons. The predicted octanol–water partition coefficient (Wildman–Crippen LogP) is 5.56. The van der Waals surface area contributed by atoms with E-state index in [2.05, 4.69) is 17.2 Å². The van der Waals surface area contributed by atoms with E-state index in [-0.39, 0.29) is 30.0 Å². The fourth-order valence-electron chi connectivity index (χ4n) is 5.50. The summed E-state index contributed by atoms with van der Waals surface area (Å²) in [7, 11) is 0. The lowest BCUT2D eigenvalue weighted by Crippen LogP contribution is -2.48. The van der Waals surface area contributed by atoms with Gasteiger partial charge in [0.15, 0.2) is 0 Å². The Hall–Kier alpha value is -4.50. The molecule has 2 atom stereocenters. The average Bonchev–Trinajstić information content (AvgIpc) is 3.82. The number of hydrogen-bond donors (Lipinski definition) is 2. The van der Waals surface area contributed by atoms with Gasteiger partial charge in [0.1, 0.15) is 17.7 Å². The van der Waals surface area contributed by atoms with Crippen LogP contribution in [-0.4, -0.2) is 48.6 Å². The fourth-order valence-corrected chi connectivity index (χ4v) is 5.50. The molecule has 1 amide bonds. The SMILES string of the molecule is C#Cc1cc(C(=O)O[C@H](CNC2(c3cccc(C#C)c3)CC2)[C@@H](N)Cc2cc(F)cc(F)c2)cc(C(=O)N(CCC)CCC)c1. The molecule has 8 heteroatoms. The Kier molecular flexibility index (Phi) is 11.1. The Labute approximate surface area is 264 Å². The van der Waals surface area contributed by atoms with Crippen molar-refractivity contribution in [1.82, 2.24) is 10.2 Å². The van der Waals surface area contributed by atoms with E-state index in [1.165, 1.54) is 24.3 Å². The Morgan fingerprint density at radius 3 is 2.20 bits per heavy atom. The second-order valence-corrected chi connectivity index (χ2v) is 11.5. The van der Waals surface area contributed by atoms with Gasteiger partial charge in [0.05, 0.1) is 5.56 Å². The first-order valence-corrected chi connectivity index (χ1v) is 15.3. The number of carbonyl (C=O) groups is 2. The minimum atomic E-state index is -0.901. The Morgan fingerprint density at radius 1 is 0.956 bits per heavy atom. The number of benzene rings is 3. The highest BCUT2D eigenvalue weighted by molar-refractivity contribution is 5.98. The fraction of sp³-hybridized carbons (Fsp3) is 0.351. The summed E-state index contributed by atoms with van der Waals surface area (Å²) >= 11 is 0. The summed E-state index contributed by atoms with van der Waals surface area (Å²) in [4.78, 5) is 28.7. The minimum absolute atomic E-state index is 0.0466. The van der Waals surface area contributed by atoms with E-state index in [1.807, 2.05) is 38.1 Å². The first-order chi connectivity index (χ1) is 21.6. The zero-order chi connectivity index (χ0) is 32.6. The van der Waals surface area contributed by atoms with Crippen molar-refractivity contribution in [2.45, 2.75) is 63.6 Å². The lowest BCUT2D eigenvalue weighted by atomic mass is 9.99. The molecule has 3 aromatic rings. The number of esters is 1. The van der Waals surface area contributed by atoms with E-state index in [4.69, 9.17) is 23.3 Å². The van der Waals surface area contributed by atoms with Gasteiger partial charge in [-0.15, -0.1) is 12.8 Å². The van der Waals surface area contributed by atoms with E-state index in [9.17, 15) is 18.4 Å². The number of carbonyl (C=O) groups excluding carboxylic acids is 2. The third-order valence-electron chi connectivity index (χ3n) is 7.96. The molecule has 6 nitrogen and oxygen atoms in total. The van der Waals surface area contributed by atoms with Gasteiger partial charge in [-0.1, -0.05) is 37.8 Å². The number of halogens is 2. The Balaban J connectivity index is 1.60. The Morgan fingerprint density at radius 2 is 1.60 bits per heavy atom. The summed E-state index contributed by atoms with van der Waals surface area (Å²) in [5.74, 6) is 2.78. The Bertz CT molecular complexity index is 1590. The summed E-state index contributed by atoms with van der Waals surface area (Å²) in [5.41, 5.74) is 9.06. The van der Waals surface area contributed by atoms with Crippen LogP contribution in [0.25, 0.3) is 0 Å². The third kappa shape index (κ3) is 8.57. The van der Waals surface area contributed by atoms with Crippen molar-refractivity contribution in [3.05, 3.63) is 106 Å². The van der Waals surface area contributed by atoms with E-state index < -0.39 is 29.7 Å². The molecule has 3 N–H and O–H groups in total. The molecule has 0 heterocycles. The maximum Gasteiger partial charge on any atom is 0.338 e. The number of nitrogens with two attached hydrogens (primary N) is 1. The van der Waals surface area contributed by atoms with Gasteiger partial charge in [-0.05, 0) is 85.7 Å². The normalized spacial score (nSPS) is 14.5. The monoisotopic (exact) mass is 611 g/mol. The van der Waals surface area contributed by atoms with Crippen molar-refractivity contribution in [3.63, 3.8) is 0 Å². The highest BCUT2D eigenvalue weighted by atomic mass is 19.1. The molecule has 0 spiro atoms. The first-order valence-electron chi connectivity index (χ1n) is 15.3. The van der Waals surface area contributed by atoms with Crippen molar-refractivity contribution in [1.29, 1.82) is 0 Å². The summed E-state index contributed by atoms with van der Waals surface area (Å²) in [6, 6.07) is 14.6. The lowest BCUT2D eigenvalue weighted by Gasteiger charge is -2.28. The van der Waals surface area contributed by atoms with Crippen LogP contribution in [0.5, 0.6) is 0 Å². The van der Waals surface area contributed by atoms with Crippen molar-refractivity contribution < 1.29 is 23.1 Å². The molecular formula is C37H39F2N3O3. The first kappa shape index (κ1) is 33.4. The molecule has 45 heavy (non-hydrogen) atoms. The molecule has 0 bridgehead atoms. The number of terminal acetylenes is 2. The highest BCUT2D eigenvalue weighted by Crippen LogP contribution is 2.45. The van der Waals surface area contributed by atoms with Crippen LogP contribution < -0.4 is 11.1 Å². The van der Waals surface area contributed by atoms with E-state index in [1.54, 1.807) is 11.0 Å². The van der Waals surface area contributed by atoms with Gasteiger partial charge in [0, 0.05) is 54.0 Å². The molecule has 1 aliphatic rings. The maximum absolute atomic E-state index is 14.0. The summed E-state index contributed by atoms with van der Waals surface area (Å²) in [6.45, 7) is 5.28. The van der Waals surface area contributed by atoms with Gasteiger partial charge in [0.25, 0.3) is 5.91 Å². The number of nitrogens with zero attached hydrogens (tertiary/aromatic N) is 1. The third-order valence-corrected chi connectivity index (χ3v) is 7.96.